The van der Waals surface area contributed by atoms with E-state index in [9.17, 15) is 18.0 Å². The molecule has 132 valence electrons. The fraction of sp³-hybridized carbons (Fsp3) is 0.647. The Bertz CT molecular complexity index is 632. The number of nitrogens with zero attached hydrogens (tertiary/aromatic N) is 3. The zero-order valence-electron chi connectivity index (χ0n) is 13.9. The second kappa shape index (κ2) is 6.35. The van der Waals surface area contributed by atoms with E-state index in [0.29, 0.717) is 12.6 Å². The first-order valence-electron chi connectivity index (χ1n) is 8.35. The molecule has 2 atom stereocenters. The molecule has 24 heavy (non-hydrogen) atoms. The Balaban J connectivity index is 1.83. The lowest BCUT2D eigenvalue weighted by molar-refractivity contribution is -0.141. The number of carbonyl (C=O) groups excluding carboxylic acids is 1. The number of likely N-dealkylation sites (tertiary alicyclic amines) is 2. The molecule has 1 aromatic rings. The molecule has 3 heterocycles. The first kappa shape index (κ1) is 17.2. The largest absolute Gasteiger partial charge is 0.433 e. The third-order valence-corrected chi connectivity index (χ3v) is 5.19. The lowest BCUT2D eigenvalue weighted by atomic mass is 10.0. The monoisotopic (exact) mass is 341 g/mol. The summed E-state index contributed by atoms with van der Waals surface area (Å²) in [6.07, 6.45) is -0.410. The number of hydrogen-bond donors (Lipinski definition) is 0. The van der Waals surface area contributed by atoms with Crippen molar-refractivity contribution < 1.29 is 18.0 Å². The van der Waals surface area contributed by atoms with Gasteiger partial charge in [-0.1, -0.05) is 0 Å². The van der Waals surface area contributed by atoms with Gasteiger partial charge in [0.1, 0.15) is 5.69 Å². The van der Waals surface area contributed by atoms with E-state index in [-0.39, 0.29) is 23.2 Å². The molecule has 0 bridgehead atoms. The molecule has 2 aliphatic heterocycles. The van der Waals surface area contributed by atoms with Crippen molar-refractivity contribution in [2.24, 2.45) is 0 Å². The highest BCUT2D eigenvalue weighted by Crippen LogP contribution is 2.32. The van der Waals surface area contributed by atoms with Crippen LogP contribution >= 0.6 is 0 Å². The average Bonchev–Trinajstić information content (AvgIpc) is 3.13. The molecule has 1 aromatic heterocycles. The average molecular weight is 341 g/mol. The minimum Gasteiger partial charge on any atom is -0.334 e. The summed E-state index contributed by atoms with van der Waals surface area (Å²) < 4.78 is 38.2. The number of amides is 1. The van der Waals surface area contributed by atoms with E-state index >= 15 is 0 Å². The molecule has 0 N–H and O–H groups in total. The van der Waals surface area contributed by atoms with Crippen molar-refractivity contribution in [1.82, 2.24) is 14.8 Å². The SMILES string of the molecule is Cc1nc(C(F)(F)F)ccc1C(=O)N1CCC[C@H]1[C@@H]1CCCN1C. The molecule has 7 heteroatoms. The summed E-state index contributed by atoms with van der Waals surface area (Å²) >= 11 is 0. The maximum Gasteiger partial charge on any atom is 0.433 e. The van der Waals surface area contributed by atoms with Gasteiger partial charge in [0.2, 0.25) is 0 Å². The highest BCUT2D eigenvalue weighted by Gasteiger charge is 2.39. The van der Waals surface area contributed by atoms with Crippen LogP contribution < -0.4 is 0 Å². The minimum atomic E-state index is -4.49. The molecule has 3 rings (SSSR count). The summed E-state index contributed by atoms with van der Waals surface area (Å²) in [5.41, 5.74) is -0.541. The molecule has 1 amide bonds. The van der Waals surface area contributed by atoms with E-state index in [1.165, 1.54) is 13.0 Å². The predicted octanol–water partition coefficient (Wildman–Crippen LogP) is 3.11. The van der Waals surface area contributed by atoms with Gasteiger partial charge in [0.15, 0.2) is 0 Å². The molecule has 0 spiro atoms. The summed E-state index contributed by atoms with van der Waals surface area (Å²) in [5, 5.41) is 0. The van der Waals surface area contributed by atoms with Gasteiger partial charge in [-0.25, -0.2) is 4.98 Å². The number of aromatic nitrogens is 1. The summed E-state index contributed by atoms with van der Waals surface area (Å²) in [4.78, 5) is 20.6. The summed E-state index contributed by atoms with van der Waals surface area (Å²) in [7, 11) is 2.07. The third-order valence-electron chi connectivity index (χ3n) is 5.19. The van der Waals surface area contributed by atoms with Crippen molar-refractivity contribution in [3.8, 4) is 0 Å². The highest BCUT2D eigenvalue weighted by molar-refractivity contribution is 5.95. The number of aryl methyl sites for hydroxylation is 1. The summed E-state index contributed by atoms with van der Waals surface area (Å²) in [5.74, 6) is -0.198. The first-order chi connectivity index (χ1) is 11.3. The Kier molecular flexibility index (Phi) is 4.55. The van der Waals surface area contributed by atoms with Gasteiger partial charge in [0.05, 0.1) is 11.3 Å². The van der Waals surface area contributed by atoms with Crippen LogP contribution in [0.5, 0.6) is 0 Å². The van der Waals surface area contributed by atoms with E-state index in [2.05, 4.69) is 16.9 Å². The van der Waals surface area contributed by atoms with Gasteiger partial charge in [-0.15, -0.1) is 0 Å². The maximum absolute atomic E-state index is 12.9. The van der Waals surface area contributed by atoms with Crippen molar-refractivity contribution in [3.63, 3.8) is 0 Å². The van der Waals surface area contributed by atoms with Gasteiger partial charge in [-0.2, -0.15) is 13.2 Å². The molecule has 0 unspecified atom stereocenters. The molecule has 0 aliphatic carbocycles. The van der Waals surface area contributed by atoms with Gasteiger partial charge >= 0.3 is 6.18 Å². The Morgan fingerprint density at radius 3 is 2.42 bits per heavy atom. The third kappa shape index (κ3) is 3.14. The van der Waals surface area contributed by atoms with Gasteiger partial charge in [-0.05, 0) is 58.3 Å². The summed E-state index contributed by atoms with van der Waals surface area (Å²) in [6.45, 7) is 3.16. The number of likely N-dealkylation sites (N-methyl/N-ethyl adjacent to an activating group) is 1. The molecular formula is C17H22F3N3O. The fourth-order valence-corrected chi connectivity index (χ4v) is 3.97. The van der Waals surface area contributed by atoms with Gasteiger partial charge in [0, 0.05) is 18.6 Å². The van der Waals surface area contributed by atoms with Crippen molar-refractivity contribution in [3.05, 3.63) is 29.1 Å². The standard InChI is InChI=1S/C17H22F3N3O/c1-11-12(7-8-15(21-11)17(18,19)20)16(24)23-10-4-6-14(23)13-5-3-9-22(13)2/h7-8,13-14H,3-6,9-10H2,1-2H3/t13-,14-/m0/s1. The minimum absolute atomic E-state index is 0.139. The number of halogens is 3. The van der Waals surface area contributed by atoms with E-state index in [1.807, 2.05) is 4.90 Å². The number of rotatable bonds is 2. The Morgan fingerprint density at radius 1 is 1.17 bits per heavy atom. The molecular weight excluding hydrogens is 319 g/mol. The van der Waals surface area contributed by atoms with Crippen LogP contribution in [0, 0.1) is 6.92 Å². The van der Waals surface area contributed by atoms with E-state index in [0.717, 1.165) is 38.3 Å². The van der Waals surface area contributed by atoms with Crippen LogP contribution in [0.25, 0.3) is 0 Å². The molecule has 0 aromatic carbocycles. The highest BCUT2D eigenvalue weighted by atomic mass is 19.4. The number of pyridine rings is 1. The van der Waals surface area contributed by atoms with Crippen molar-refractivity contribution in [1.29, 1.82) is 0 Å². The summed E-state index contributed by atoms with van der Waals surface area (Å²) in [6, 6.07) is 2.65. The predicted molar refractivity (Wildman–Crippen MR) is 83.7 cm³/mol. The zero-order valence-corrected chi connectivity index (χ0v) is 13.9. The molecule has 4 nitrogen and oxygen atoms in total. The van der Waals surface area contributed by atoms with E-state index in [4.69, 9.17) is 0 Å². The van der Waals surface area contributed by atoms with Crippen LogP contribution in [-0.4, -0.2) is 52.9 Å². The van der Waals surface area contributed by atoms with Crippen LogP contribution in [0.15, 0.2) is 12.1 Å². The molecule has 2 saturated heterocycles. The second-order valence-electron chi connectivity index (χ2n) is 6.73. The van der Waals surface area contributed by atoms with Crippen LogP contribution in [0.4, 0.5) is 13.2 Å². The van der Waals surface area contributed by atoms with E-state index < -0.39 is 11.9 Å². The van der Waals surface area contributed by atoms with Crippen molar-refractivity contribution >= 4 is 5.91 Å². The van der Waals surface area contributed by atoms with Gasteiger partial charge in [0.25, 0.3) is 5.91 Å². The van der Waals surface area contributed by atoms with Crippen molar-refractivity contribution in [2.75, 3.05) is 20.1 Å². The zero-order chi connectivity index (χ0) is 17.5. The Hall–Kier alpha value is -1.63. The quantitative estimate of drug-likeness (QED) is 0.829. The number of alkyl halides is 3. The van der Waals surface area contributed by atoms with Crippen molar-refractivity contribution in [2.45, 2.75) is 50.9 Å². The lowest BCUT2D eigenvalue weighted by Crippen LogP contribution is -2.47. The van der Waals surface area contributed by atoms with Gasteiger partial charge in [-0.3, -0.25) is 4.79 Å². The maximum atomic E-state index is 12.9. The van der Waals surface area contributed by atoms with Crippen LogP contribution in [0.1, 0.15) is 47.4 Å². The normalized spacial score (nSPS) is 25.5. The number of hydrogen-bond acceptors (Lipinski definition) is 3. The van der Waals surface area contributed by atoms with Gasteiger partial charge < -0.3 is 9.80 Å². The molecule has 2 aliphatic rings. The van der Waals surface area contributed by atoms with E-state index in [1.54, 1.807) is 0 Å². The van der Waals surface area contributed by atoms with Crippen LogP contribution in [-0.2, 0) is 6.18 Å². The smallest absolute Gasteiger partial charge is 0.334 e. The van der Waals surface area contributed by atoms with Crippen LogP contribution in [0.3, 0.4) is 0 Å². The molecule has 0 saturated carbocycles. The van der Waals surface area contributed by atoms with Crippen LogP contribution in [0.2, 0.25) is 0 Å². The Morgan fingerprint density at radius 2 is 1.83 bits per heavy atom. The molecule has 2 fully saturated rings. The topological polar surface area (TPSA) is 36.4 Å². The molecule has 0 radical (unpaired) electrons. The first-order valence-corrected chi connectivity index (χ1v) is 8.35. The Labute approximate surface area is 139 Å². The lowest BCUT2D eigenvalue weighted by Gasteiger charge is -2.33. The fourth-order valence-electron chi connectivity index (χ4n) is 3.97. The number of carbonyl (C=O) groups is 1. The second-order valence-corrected chi connectivity index (χ2v) is 6.73.